The summed E-state index contributed by atoms with van der Waals surface area (Å²) in [7, 11) is 0. The average Bonchev–Trinajstić information content (AvgIpc) is 3.50. The van der Waals surface area contributed by atoms with Gasteiger partial charge in [0.05, 0.1) is 6.04 Å². The normalized spacial score (nSPS) is 16.9. The number of rotatable bonds is 6. The van der Waals surface area contributed by atoms with Crippen LogP contribution in [0.4, 0.5) is 5.69 Å². The zero-order valence-corrected chi connectivity index (χ0v) is 15.5. The Balaban J connectivity index is 1.36. The third-order valence-corrected chi connectivity index (χ3v) is 5.19. The largest absolute Gasteiger partial charge is 0.484 e. The van der Waals surface area contributed by atoms with E-state index < -0.39 is 0 Å². The van der Waals surface area contributed by atoms with Gasteiger partial charge in [-0.15, -0.1) is 0 Å². The van der Waals surface area contributed by atoms with Gasteiger partial charge >= 0.3 is 0 Å². The highest BCUT2D eigenvalue weighted by molar-refractivity contribution is 5.94. The van der Waals surface area contributed by atoms with Crippen LogP contribution in [0.2, 0.25) is 0 Å². The zero-order chi connectivity index (χ0) is 18.8. The summed E-state index contributed by atoms with van der Waals surface area (Å²) in [4.78, 5) is 23.9. The quantitative estimate of drug-likeness (QED) is 0.824. The fourth-order valence-corrected chi connectivity index (χ4v) is 3.49. The molecule has 2 aromatic rings. The van der Waals surface area contributed by atoms with Crippen molar-refractivity contribution < 1.29 is 14.3 Å². The van der Waals surface area contributed by atoms with E-state index in [0.29, 0.717) is 24.5 Å². The number of amides is 2. The number of nitrogens with one attached hydrogen (secondary N) is 2. The fraction of sp³-hybridized carbons (Fsp3) is 0.364. The van der Waals surface area contributed by atoms with E-state index in [0.717, 1.165) is 29.7 Å². The van der Waals surface area contributed by atoms with Gasteiger partial charge in [-0.05, 0) is 61.4 Å². The lowest BCUT2D eigenvalue weighted by atomic mass is 10.0. The van der Waals surface area contributed by atoms with Gasteiger partial charge in [-0.25, -0.2) is 0 Å². The van der Waals surface area contributed by atoms with Crippen LogP contribution in [0.1, 0.15) is 42.0 Å². The molecule has 2 amide bonds. The summed E-state index contributed by atoms with van der Waals surface area (Å²) < 4.78 is 5.69. The van der Waals surface area contributed by atoms with Crippen molar-refractivity contribution in [2.45, 2.75) is 38.6 Å². The first kappa shape index (κ1) is 17.6. The van der Waals surface area contributed by atoms with E-state index in [-0.39, 0.29) is 24.5 Å². The van der Waals surface area contributed by atoms with Crippen LogP contribution in [0.3, 0.4) is 0 Å². The van der Waals surface area contributed by atoms with Crippen molar-refractivity contribution in [3.63, 3.8) is 0 Å². The molecule has 0 radical (unpaired) electrons. The van der Waals surface area contributed by atoms with Crippen molar-refractivity contribution in [3.05, 3.63) is 59.2 Å². The molecule has 1 aliphatic carbocycles. The van der Waals surface area contributed by atoms with Gasteiger partial charge in [-0.1, -0.05) is 29.8 Å². The molecule has 1 fully saturated rings. The number of benzene rings is 2. The first-order valence-electron chi connectivity index (χ1n) is 9.50. The van der Waals surface area contributed by atoms with Crippen LogP contribution in [-0.2, 0) is 16.0 Å². The van der Waals surface area contributed by atoms with Crippen molar-refractivity contribution in [1.29, 1.82) is 0 Å². The van der Waals surface area contributed by atoms with Crippen LogP contribution in [0.5, 0.6) is 5.75 Å². The molecular weight excluding hydrogens is 340 g/mol. The molecule has 5 nitrogen and oxygen atoms in total. The number of anilines is 1. The Morgan fingerprint density at radius 3 is 2.70 bits per heavy atom. The molecule has 0 aromatic heterocycles. The molecule has 1 saturated carbocycles. The highest BCUT2D eigenvalue weighted by atomic mass is 16.5. The van der Waals surface area contributed by atoms with Crippen LogP contribution < -0.4 is 15.4 Å². The van der Waals surface area contributed by atoms with Gasteiger partial charge in [-0.3, -0.25) is 9.59 Å². The van der Waals surface area contributed by atoms with Gasteiger partial charge < -0.3 is 15.4 Å². The van der Waals surface area contributed by atoms with Crippen LogP contribution >= 0.6 is 0 Å². The Hall–Kier alpha value is -2.82. The molecule has 1 atom stereocenters. The van der Waals surface area contributed by atoms with E-state index in [1.54, 1.807) is 6.07 Å². The third-order valence-electron chi connectivity index (χ3n) is 5.19. The summed E-state index contributed by atoms with van der Waals surface area (Å²) in [5.74, 6) is 1.10. The minimum Gasteiger partial charge on any atom is -0.484 e. The highest BCUT2D eigenvalue weighted by Gasteiger charge is 2.33. The number of carbonyl (C=O) groups is 2. The van der Waals surface area contributed by atoms with Crippen LogP contribution in [-0.4, -0.2) is 18.4 Å². The van der Waals surface area contributed by atoms with Gasteiger partial charge in [0.25, 0.3) is 5.91 Å². The molecule has 1 aliphatic heterocycles. The van der Waals surface area contributed by atoms with Gasteiger partial charge in [0, 0.05) is 12.1 Å². The minimum atomic E-state index is -0.113. The Kier molecular flexibility index (Phi) is 4.84. The molecule has 0 spiro atoms. The van der Waals surface area contributed by atoms with Crippen molar-refractivity contribution >= 4 is 17.5 Å². The average molecular weight is 364 g/mol. The van der Waals surface area contributed by atoms with E-state index >= 15 is 0 Å². The molecule has 2 N–H and O–H groups in total. The van der Waals surface area contributed by atoms with Gasteiger partial charge in [-0.2, -0.15) is 0 Å². The second-order valence-electron chi connectivity index (χ2n) is 7.45. The Bertz CT molecular complexity index is 856. The molecule has 4 rings (SSSR count). The lowest BCUT2D eigenvalue weighted by Gasteiger charge is -2.20. The Labute approximate surface area is 159 Å². The van der Waals surface area contributed by atoms with E-state index in [1.807, 2.05) is 12.1 Å². The van der Waals surface area contributed by atoms with E-state index in [9.17, 15) is 9.59 Å². The Morgan fingerprint density at radius 1 is 1.19 bits per heavy atom. The lowest BCUT2D eigenvalue weighted by molar-refractivity contribution is -0.124. The van der Waals surface area contributed by atoms with Crippen molar-refractivity contribution in [1.82, 2.24) is 5.32 Å². The molecule has 1 unspecified atom stereocenters. The molecule has 140 valence electrons. The maximum Gasteiger partial charge on any atom is 0.258 e. The topological polar surface area (TPSA) is 67.4 Å². The predicted octanol–water partition coefficient (Wildman–Crippen LogP) is 3.53. The zero-order valence-electron chi connectivity index (χ0n) is 15.5. The summed E-state index contributed by atoms with van der Waals surface area (Å²) in [6, 6.07) is 13.9. The Morgan fingerprint density at radius 2 is 1.96 bits per heavy atom. The predicted molar refractivity (Wildman–Crippen MR) is 104 cm³/mol. The molecule has 1 heterocycles. The summed E-state index contributed by atoms with van der Waals surface area (Å²) in [6.45, 7) is 2.05. The summed E-state index contributed by atoms with van der Waals surface area (Å²) in [5, 5.41) is 5.98. The number of aryl methyl sites for hydroxylation is 2. The van der Waals surface area contributed by atoms with Gasteiger partial charge in [0.2, 0.25) is 5.91 Å². The maximum atomic E-state index is 12.4. The van der Waals surface area contributed by atoms with E-state index in [2.05, 4.69) is 41.8 Å². The van der Waals surface area contributed by atoms with E-state index in [1.165, 1.54) is 5.56 Å². The van der Waals surface area contributed by atoms with E-state index in [4.69, 9.17) is 4.74 Å². The summed E-state index contributed by atoms with van der Waals surface area (Å²) in [5.41, 5.74) is 4.24. The fourth-order valence-electron chi connectivity index (χ4n) is 3.49. The van der Waals surface area contributed by atoms with Crippen LogP contribution in [0.15, 0.2) is 42.5 Å². The monoisotopic (exact) mass is 364 g/mol. The smallest absolute Gasteiger partial charge is 0.258 e. The van der Waals surface area contributed by atoms with Crippen LogP contribution in [0.25, 0.3) is 0 Å². The number of fused-ring (bicyclic) bond motifs is 1. The van der Waals surface area contributed by atoms with Crippen LogP contribution in [0, 0.1) is 12.8 Å². The van der Waals surface area contributed by atoms with Crippen molar-refractivity contribution in [3.8, 4) is 5.75 Å². The number of hydrogen-bond acceptors (Lipinski definition) is 3. The first-order valence-corrected chi connectivity index (χ1v) is 9.50. The molecule has 2 aromatic carbocycles. The second kappa shape index (κ2) is 7.43. The third kappa shape index (κ3) is 4.30. The molecular formula is C22H24N2O3. The second-order valence-corrected chi connectivity index (χ2v) is 7.45. The SMILES string of the molecule is Cc1ccc(C(NC(=O)COc2ccc3c(c2)CCC(=O)N3)C2CC2)cc1. The van der Waals surface area contributed by atoms with Gasteiger partial charge in [0.1, 0.15) is 5.75 Å². The molecule has 27 heavy (non-hydrogen) atoms. The standard InChI is InChI=1S/C22H24N2O3/c1-14-2-4-15(5-3-14)22(16-6-7-16)24-21(26)13-27-18-9-10-19-17(12-18)8-11-20(25)23-19/h2-5,9-10,12,16,22H,6-8,11,13H2,1H3,(H,23,25)(H,24,26). The highest BCUT2D eigenvalue weighted by Crippen LogP contribution is 2.41. The number of ether oxygens (including phenoxy) is 1. The summed E-state index contributed by atoms with van der Waals surface area (Å²) in [6.07, 6.45) is 3.48. The van der Waals surface area contributed by atoms with Gasteiger partial charge in [0.15, 0.2) is 6.61 Å². The van der Waals surface area contributed by atoms with Crippen molar-refractivity contribution in [2.75, 3.05) is 11.9 Å². The molecule has 5 heteroatoms. The first-order chi connectivity index (χ1) is 13.1. The van der Waals surface area contributed by atoms with Crippen molar-refractivity contribution in [2.24, 2.45) is 5.92 Å². The summed E-state index contributed by atoms with van der Waals surface area (Å²) >= 11 is 0. The lowest BCUT2D eigenvalue weighted by Crippen LogP contribution is -2.33. The molecule has 2 aliphatic rings. The number of carbonyl (C=O) groups excluding carboxylic acids is 2. The molecule has 0 bridgehead atoms. The maximum absolute atomic E-state index is 12.4. The number of hydrogen-bond donors (Lipinski definition) is 2. The molecule has 0 saturated heterocycles. The minimum absolute atomic E-state index is 0.0137.